The normalized spacial score (nSPS) is 15.5. The molecule has 0 radical (unpaired) electrons. The minimum absolute atomic E-state index is 0.164. The molecule has 1 amide bonds. The third-order valence-corrected chi connectivity index (χ3v) is 5.29. The first-order valence-corrected chi connectivity index (χ1v) is 11.7. The third kappa shape index (κ3) is 19.5. The lowest BCUT2D eigenvalue weighted by molar-refractivity contribution is -0.140. The Morgan fingerprint density at radius 3 is 1.48 bits per heavy atom. The van der Waals surface area contributed by atoms with Gasteiger partial charge in [-0.3, -0.25) is 9.59 Å². The van der Waals surface area contributed by atoms with Crippen LogP contribution in [-0.2, 0) is 14.4 Å². The van der Waals surface area contributed by atoms with E-state index in [2.05, 4.69) is 12.2 Å². The van der Waals surface area contributed by atoms with Gasteiger partial charge >= 0.3 is 11.9 Å². The molecule has 29 heavy (non-hydrogen) atoms. The van der Waals surface area contributed by atoms with Gasteiger partial charge < -0.3 is 15.5 Å². The molecule has 0 aromatic carbocycles. The van der Waals surface area contributed by atoms with E-state index in [1.165, 1.54) is 83.5 Å². The number of carboxylic acid groups (broad SMARTS) is 2. The van der Waals surface area contributed by atoms with Crippen LogP contribution < -0.4 is 5.32 Å². The number of amides is 1. The maximum Gasteiger partial charge on any atom is 0.326 e. The fourth-order valence-electron chi connectivity index (χ4n) is 3.45. The molecule has 0 spiro atoms. The molecule has 1 heterocycles. The zero-order valence-electron chi connectivity index (χ0n) is 18.4. The van der Waals surface area contributed by atoms with Crippen LogP contribution in [0, 0.1) is 0 Å². The van der Waals surface area contributed by atoms with Gasteiger partial charge in [-0.2, -0.15) is 0 Å². The van der Waals surface area contributed by atoms with Crippen molar-refractivity contribution in [2.75, 3.05) is 0 Å². The van der Waals surface area contributed by atoms with Gasteiger partial charge in [0.2, 0.25) is 5.91 Å². The molecule has 0 saturated carbocycles. The summed E-state index contributed by atoms with van der Waals surface area (Å²) in [7, 11) is 0. The average Bonchev–Trinajstić information content (AvgIpc) is 3.12. The number of nitrogens with one attached hydrogen (secondary N) is 1. The molecule has 170 valence electrons. The van der Waals surface area contributed by atoms with Crippen LogP contribution in [-0.4, -0.2) is 34.1 Å². The van der Waals surface area contributed by atoms with Gasteiger partial charge in [-0.15, -0.1) is 0 Å². The summed E-state index contributed by atoms with van der Waals surface area (Å²) in [6.45, 7) is 2.27. The standard InChI is InChI=1S/C18H36O2.C5H7NO3/c1-2-3-4-5-6-7-8-9-10-11-12-13-14-15-16-17-18(19)20;7-4-2-1-3(6-4)5(8)9/h2-17H2,1H3,(H,19,20);3H,1-2H2,(H,6,7)(H,8,9). The summed E-state index contributed by atoms with van der Waals surface area (Å²) in [5, 5.41) is 19.1. The van der Waals surface area contributed by atoms with Crippen LogP contribution in [0.5, 0.6) is 0 Å². The predicted molar refractivity (Wildman–Crippen MR) is 116 cm³/mol. The summed E-state index contributed by atoms with van der Waals surface area (Å²) in [5.41, 5.74) is 0. The van der Waals surface area contributed by atoms with Gasteiger partial charge in [-0.1, -0.05) is 96.8 Å². The summed E-state index contributed by atoms with van der Waals surface area (Å²) in [6.07, 6.45) is 21.0. The Morgan fingerprint density at radius 2 is 1.21 bits per heavy atom. The Hall–Kier alpha value is -1.59. The Kier molecular flexibility index (Phi) is 18.6. The minimum atomic E-state index is -0.944. The zero-order valence-corrected chi connectivity index (χ0v) is 18.4. The van der Waals surface area contributed by atoms with Crippen LogP contribution in [0.15, 0.2) is 0 Å². The first-order valence-electron chi connectivity index (χ1n) is 11.7. The number of aliphatic carboxylic acids is 2. The van der Waals surface area contributed by atoms with E-state index in [0.29, 0.717) is 19.3 Å². The largest absolute Gasteiger partial charge is 0.481 e. The molecule has 0 aromatic heterocycles. The van der Waals surface area contributed by atoms with Crippen molar-refractivity contribution < 1.29 is 24.6 Å². The Bertz CT molecular complexity index is 439. The highest BCUT2D eigenvalue weighted by Crippen LogP contribution is 2.13. The van der Waals surface area contributed by atoms with E-state index in [0.717, 1.165) is 12.8 Å². The molecule has 1 unspecified atom stereocenters. The number of rotatable bonds is 17. The van der Waals surface area contributed by atoms with Gasteiger partial charge in [0.1, 0.15) is 6.04 Å². The lowest BCUT2D eigenvalue weighted by Crippen LogP contribution is -2.32. The second kappa shape index (κ2) is 19.7. The zero-order chi connectivity index (χ0) is 21.7. The van der Waals surface area contributed by atoms with Crippen molar-refractivity contribution in [3.8, 4) is 0 Å². The SMILES string of the molecule is CCCCCCCCCCCCCCCCCC(=O)O.O=C1CCC(C(=O)O)N1. The van der Waals surface area contributed by atoms with Gasteiger partial charge in [0, 0.05) is 12.8 Å². The summed E-state index contributed by atoms with van der Waals surface area (Å²) in [5.74, 6) is -1.76. The van der Waals surface area contributed by atoms with E-state index >= 15 is 0 Å². The second-order valence-corrected chi connectivity index (χ2v) is 8.09. The number of hydrogen-bond acceptors (Lipinski definition) is 3. The van der Waals surface area contributed by atoms with Crippen molar-refractivity contribution in [2.24, 2.45) is 0 Å². The second-order valence-electron chi connectivity index (χ2n) is 8.09. The molecule has 1 aliphatic heterocycles. The molecule has 0 bridgehead atoms. The van der Waals surface area contributed by atoms with Crippen molar-refractivity contribution >= 4 is 17.8 Å². The molecule has 0 aliphatic carbocycles. The molecule has 1 atom stereocenters. The molecule has 6 nitrogen and oxygen atoms in total. The van der Waals surface area contributed by atoms with Crippen LogP contribution >= 0.6 is 0 Å². The van der Waals surface area contributed by atoms with Gasteiger partial charge in [-0.05, 0) is 12.8 Å². The first-order chi connectivity index (χ1) is 14.0. The molecule has 1 rings (SSSR count). The van der Waals surface area contributed by atoms with Crippen molar-refractivity contribution in [2.45, 2.75) is 129 Å². The Labute approximate surface area is 176 Å². The van der Waals surface area contributed by atoms with Crippen LogP contribution in [0.1, 0.15) is 122 Å². The van der Waals surface area contributed by atoms with Gasteiger partial charge in [-0.25, -0.2) is 4.79 Å². The Balaban J connectivity index is 0.000000717. The molecular formula is C23H43NO5. The highest BCUT2D eigenvalue weighted by molar-refractivity contribution is 5.87. The lowest BCUT2D eigenvalue weighted by Gasteiger charge is -2.03. The van der Waals surface area contributed by atoms with E-state index in [1.807, 2.05) is 0 Å². The smallest absolute Gasteiger partial charge is 0.326 e. The molecule has 3 N–H and O–H groups in total. The number of carbonyl (C=O) groups excluding carboxylic acids is 1. The summed E-state index contributed by atoms with van der Waals surface area (Å²) in [4.78, 5) is 30.8. The molecule has 1 aliphatic rings. The molecule has 1 fully saturated rings. The van der Waals surface area contributed by atoms with Gasteiger partial charge in [0.05, 0.1) is 0 Å². The molecule has 1 saturated heterocycles. The monoisotopic (exact) mass is 413 g/mol. The van der Waals surface area contributed by atoms with E-state index in [-0.39, 0.29) is 5.91 Å². The number of carbonyl (C=O) groups is 3. The topological polar surface area (TPSA) is 104 Å². The van der Waals surface area contributed by atoms with Crippen molar-refractivity contribution in [3.05, 3.63) is 0 Å². The van der Waals surface area contributed by atoms with Crippen LogP contribution in [0.3, 0.4) is 0 Å². The predicted octanol–water partition coefficient (Wildman–Crippen LogP) is 5.68. The number of unbranched alkanes of at least 4 members (excludes halogenated alkanes) is 14. The quantitative estimate of drug-likeness (QED) is 0.266. The maximum atomic E-state index is 10.4. The highest BCUT2D eigenvalue weighted by atomic mass is 16.4. The van der Waals surface area contributed by atoms with Gasteiger partial charge in [0.25, 0.3) is 0 Å². The number of carboxylic acids is 2. The van der Waals surface area contributed by atoms with E-state index < -0.39 is 18.0 Å². The van der Waals surface area contributed by atoms with Gasteiger partial charge in [0.15, 0.2) is 0 Å². The summed E-state index contributed by atoms with van der Waals surface area (Å²) >= 11 is 0. The molecule has 0 aromatic rings. The van der Waals surface area contributed by atoms with Crippen LogP contribution in [0.25, 0.3) is 0 Å². The fraction of sp³-hybridized carbons (Fsp3) is 0.870. The van der Waals surface area contributed by atoms with Crippen molar-refractivity contribution in [1.82, 2.24) is 5.32 Å². The third-order valence-electron chi connectivity index (χ3n) is 5.29. The summed E-state index contributed by atoms with van der Waals surface area (Å²) in [6, 6.07) is -0.641. The van der Waals surface area contributed by atoms with E-state index in [4.69, 9.17) is 10.2 Å². The fourth-order valence-corrected chi connectivity index (χ4v) is 3.45. The van der Waals surface area contributed by atoms with Crippen molar-refractivity contribution in [1.29, 1.82) is 0 Å². The highest BCUT2D eigenvalue weighted by Gasteiger charge is 2.26. The molecule has 6 heteroatoms. The average molecular weight is 414 g/mol. The summed E-state index contributed by atoms with van der Waals surface area (Å²) < 4.78 is 0. The lowest BCUT2D eigenvalue weighted by atomic mass is 10.0. The molecular weight excluding hydrogens is 370 g/mol. The van der Waals surface area contributed by atoms with E-state index in [1.54, 1.807) is 0 Å². The van der Waals surface area contributed by atoms with Crippen molar-refractivity contribution in [3.63, 3.8) is 0 Å². The van der Waals surface area contributed by atoms with Crippen LogP contribution in [0.2, 0.25) is 0 Å². The Morgan fingerprint density at radius 1 is 0.793 bits per heavy atom. The minimum Gasteiger partial charge on any atom is -0.481 e. The first kappa shape index (κ1) is 27.4. The van der Waals surface area contributed by atoms with Crippen LogP contribution in [0.4, 0.5) is 0 Å². The van der Waals surface area contributed by atoms with E-state index in [9.17, 15) is 14.4 Å². The number of hydrogen-bond donors (Lipinski definition) is 3. The maximum absolute atomic E-state index is 10.4.